The van der Waals surface area contributed by atoms with E-state index in [1.54, 1.807) is 32.9 Å². The molecule has 0 aliphatic carbocycles. The third-order valence-corrected chi connectivity index (χ3v) is 6.54. The third-order valence-electron chi connectivity index (χ3n) is 5.00. The molecule has 2 atom stereocenters. The first-order valence-corrected chi connectivity index (χ1v) is 11.0. The largest absolute Gasteiger partial charge is 0.443 e. The Morgan fingerprint density at radius 2 is 1.87 bits per heavy atom. The van der Waals surface area contributed by atoms with E-state index in [1.807, 2.05) is 30.3 Å². The highest BCUT2D eigenvalue weighted by molar-refractivity contribution is 7.98. The number of halogens is 1. The van der Waals surface area contributed by atoms with Gasteiger partial charge in [0.1, 0.15) is 11.4 Å². The van der Waals surface area contributed by atoms with Gasteiger partial charge in [0.25, 0.3) is 0 Å². The number of carbonyl (C=O) groups is 2. The second-order valence-corrected chi connectivity index (χ2v) is 9.89. The summed E-state index contributed by atoms with van der Waals surface area (Å²) in [5.41, 5.74) is 1.94. The first-order valence-electron chi connectivity index (χ1n) is 10.2. The molecule has 1 aliphatic heterocycles. The Morgan fingerprint density at radius 3 is 2.50 bits per heavy atom. The summed E-state index contributed by atoms with van der Waals surface area (Å²) < 4.78 is 20.5. The molecule has 2 aromatic rings. The molecule has 1 saturated heterocycles. The Kier molecular flexibility index (Phi) is 6.86. The smallest absolute Gasteiger partial charge is 0.427 e. The molecule has 0 spiro atoms. The summed E-state index contributed by atoms with van der Waals surface area (Å²) in [6, 6.07) is 14.6. The zero-order valence-corrected chi connectivity index (χ0v) is 18.7. The maximum Gasteiger partial charge on any atom is 0.427 e. The predicted octanol–water partition coefficient (Wildman–Crippen LogP) is 6.25. The van der Waals surface area contributed by atoms with Crippen LogP contribution in [0.15, 0.2) is 48.5 Å². The van der Waals surface area contributed by atoms with Gasteiger partial charge in [-0.25, -0.2) is 9.18 Å². The van der Waals surface area contributed by atoms with Gasteiger partial charge in [-0.05, 0) is 68.7 Å². The Labute approximate surface area is 181 Å². The topological polar surface area (TPSA) is 46.6 Å². The number of amides is 2. The average Bonchev–Trinajstić information content (AvgIpc) is 2.68. The number of hydrogen-bond acceptors (Lipinski definition) is 4. The summed E-state index contributed by atoms with van der Waals surface area (Å²) in [7, 11) is 0. The van der Waals surface area contributed by atoms with Gasteiger partial charge in [0.2, 0.25) is 5.91 Å². The number of hydrogen-bond donors (Lipinski definition) is 0. The number of carbonyl (C=O) groups excluding carboxylic acids is 2. The summed E-state index contributed by atoms with van der Waals surface area (Å²) in [5.74, 6) is -0.177. The zero-order valence-electron chi connectivity index (χ0n) is 17.9. The molecule has 0 aromatic heterocycles. The molecule has 4 nitrogen and oxygen atoms in total. The molecule has 30 heavy (non-hydrogen) atoms. The van der Waals surface area contributed by atoms with Gasteiger partial charge in [0.15, 0.2) is 0 Å². The van der Waals surface area contributed by atoms with Crippen molar-refractivity contribution in [2.45, 2.75) is 57.8 Å². The van der Waals surface area contributed by atoms with Gasteiger partial charge in [0.05, 0.1) is 0 Å². The number of ether oxygens (including phenoxy) is 1. The molecule has 1 aliphatic rings. The van der Waals surface area contributed by atoms with E-state index < -0.39 is 11.7 Å². The van der Waals surface area contributed by atoms with Gasteiger partial charge in [0, 0.05) is 17.2 Å². The first-order chi connectivity index (χ1) is 14.1. The molecular formula is C24H28FNO3S. The molecular weight excluding hydrogens is 401 g/mol. The van der Waals surface area contributed by atoms with E-state index in [0.717, 1.165) is 24.0 Å². The highest BCUT2D eigenvalue weighted by Crippen LogP contribution is 2.36. The van der Waals surface area contributed by atoms with Gasteiger partial charge < -0.3 is 4.74 Å². The molecule has 1 heterocycles. The quantitative estimate of drug-likeness (QED) is 0.539. The van der Waals surface area contributed by atoms with Crippen molar-refractivity contribution >= 4 is 23.9 Å². The van der Waals surface area contributed by atoms with Crippen LogP contribution in [0.3, 0.4) is 0 Å². The Hall–Kier alpha value is -2.34. The first kappa shape index (κ1) is 22.3. The highest BCUT2D eigenvalue weighted by atomic mass is 32.2. The molecule has 0 bridgehead atoms. The van der Waals surface area contributed by atoms with Gasteiger partial charge in [-0.15, -0.1) is 0 Å². The number of nitrogens with zero attached hydrogens (tertiary/aromatic N) is 1. The molecule has 2 aromatic carbocycles. The summed E-state index contributed by atoms with van der Waals surface area (Å²) in [6.07, 6.45) is 1.29. The molecule has 2 amide bonds. The molecule has 6 heteroatoms. The lowest BCUT2D eigenvalue weighted by Crippen LogP contribution is -2.41. The van der Waals surface area contributed by atoms with E-state index in [-0.39, 0.29) is 22.9 Å². The second kappa shape index (κ2) is 9.21. The van der Waals surface area contributed by atoms with Crippen molar-refractivity contribution in [3.63, 3.8) is 0 Å². The van der Waals surface area contributed by atoms with Crippen LogP contribution in [0.25, 0.3) is 11.1 Å². The number of rotatable bonds is 4. The van der Waals surface area contributed by atoms with Crippen molar-refractivity contribution in [3.8, 4) is 11.1 Å². The Bertz CT molecular complexity index is 907. The molecule has 3 rings (SSSR count). The maximum atomic E-state index is 14.0. The fourth-order valence-electron chi connectivity index (χ4n) is 3.47. The number of imide groups is 1. The van der Waals surface area contributed by atoms with Crippen molar-refractivity contribution in [1.82, 2.24) is 4.31 Å². The SMILES string of the molecule is C[C@H](Cc1ccc(-c2ccccc2F)cc1)[C@@H]1CCC(=O)N(C(=O)OC(C)(C)C)S1. The van der Waals surface area contributed by atoms with E-state index in [2.05, 4.69) is 6.92 Å². The molecule has 0 radical (unpaired) electrons. The second-order valence-electron chi connectivity index (χ2n) is 8.71. The Balaban J connectivity index is 1.64. The predicted molar refractivity (Wildman–Crippen MR) is 118 cm³/mol. The monoisotopic (exact) mass is 429 g/mol. The molecule has 1 fully saturated rings. The van der Waals surface area contributed by atoms with Crippen LogP contribution in [0.5, 0.6) is 0 Å². The van der Waals surface area contributed by atoms with E-state index in [4.69, 9.17) is 4.74 Å². The Morgan fingerprint density at radius 1 is 1.20 bits per heavy atom. The molecule has 0 unspecified atom stereocenters. The van der Waals surface area contributed by atoms with Crippen molar-refractivity contribution in [1.29, 1.82) is 0 Å². The van der Waals surface area contributed by atoms with Crippen LogP contribution in [-0.2, 0) is 16.0 Å². The van der Waals surface area contributed by atoms with Crippen LogP contribution in [0.4, 0.5) is 9.18 Å². The van der Waals surface area contributed by atoms with Crippen LogP contribution in [0.2, 0.25) is 0 Å². The standard InChI is InChI=1S/C24H28FNO3S/c1-16(21-13-14-22(27)26(30-21)23(28)29-24(2,3)4)15-17-9-11-18(12-10-17)19-7-5-6-8-20(19)25/h5-12,16,21H,13-15H2,1-4H3/t16-,21+/m1/s1. The zero-order chi connectivity index (χ0) is 21.9. The summed E-state index contributed by atoms with van der Waals surface area (Å²) in [5, 5.41) is 0.140. The minimum absolute atomic E-state index is 0.140. The molecule has 160 valence electrons. The minimum Gasteiger partial charge on any atom is -0.443 e. The van der Waals surface area contributed by atoms with Gasteiger partial charge in [-0.1, -0.05) is 49.4 Å². The van der Waals surface area contributed by atoms with Crippen molar-refractivity contribution < 1.29 is 18.7 Å². The summed E-state index contributed by atoms with van der Waals surface area (Å²) >= 11 is 1.28. The summed E-state index contributed by atoms with van der Waals surface area (Å²) in [6.45, 7) is 7.49. The fraction of sp³-hybridized carbons (Fsp3) is 0.417. The fourth-order valence-corrected chi connectivity index (χ4v) is 4.60. The lowest BCUT2D eigenvalue weighted by Gasteiger charge is -2.34. The lowest BCUT2D eigenvalue weighted by molar-refractivity contribution is -0.126. The van der Waals surface area contributed by atoms with E-state index >= 15 is 0 Å². The van der Waals surface area contributed by atoms with E-state index in [1.165, 1.54) is 22.3 Å². The van der Waals surface area contributed by atoms with Gasteiger partial charge >= 0.3 is 6.09 Å². The minimum atomic E-state index is -0.642. The van der Waals surface area contributed by atoms with Crippen LogP contribution >= 0.6 is 11.9 Å². The van der Waals surface area contributed by atoms with Crippen LogP contribution in [-0.4, -0.2) is 27.2 Å². The van der Waals surface area contributed by atoms with E-state index in [0.29, 0.717) is 12.0 Å². The van der Waals surface area contributed by atoms with Crippen LogP contribution in [0, 0.1) is 11.7 Å². The molecule has 0 saturated carbocycles. The normalized spacial score (nSPS) is 18.2. The van der Waals surface area contributed by atoms with Crippen LogP contribution in [0.1, 0.15) is 46.1 Å². The third kappa shape index (κ3) is 5.63. The highest BCUT2D eigenvalue weighted by Gasteiger charge is 2.36. The molecule has 0 N–H and O–H groups in total. The van der Waals surface area contributed by atoms with Crippen molar-refractivity contribution in [3.05, 3.63) is 59.9 Å². The maximum absolute atomic E-state index is 14.0. The van der Waals surface area contributed by atoms with Crippen LogP contribution < -0.4 is 0 Å². The van der Waals surface area contributed by atoms with Crippen molar-refractivity contribution in [2.24, 2.45) is 5.92 Å². The van der Waals surface area contributed by atoms with Gasteiger partial charge in [-0.2, -0.15) is 4.31 Å². The summed E-state index contributed by atoms with van der Waals surface area (Å²) in [4.78, 5) is 24.6. The van der Waals surface area contributed by atoms with Gasteiger partial charge in [-0.3, -0.25) is 4.79 Å². The van der Waals surface area contributed by atoms with Crippen molar-refractivity contribution in [2.75, 3.05) is 0 Å². The average molecular weight is 430 g/mol. The number of benzene rings is 2. The lowest BCUT2D eigenvalue weighted by atomic mass is 9.94. The van der Waals surface area contributed by atoms with E-state index in [9.17, 15) is 14.0 Å².